The molecule has 2 aliphatic rings. The number of rotatable bonds is 5. The van der Waals surface area contributed by atoms with Gasteiger partial charge < -0.3 is 19.5 Å². The highest BCUT2D eigenvalue weighted by molar-refractivity contribution is 5.94. The molecule has 0 saturated carbocycles. The molecule has 0 radical (unpaired) electrons. The first-order valence-electron chi connectivity index (χ1n) is 14.5. The third-order valence-corrected chi connectivity index (χ3v) is 8.89. The fraction of sp³-hybridized carbons (Fsp3) is 0.375. The maximum absolute atomic E-state index is 14.0. The van der Waals surface area contributed by atoms with E-state index in [1.807, 2.05) is 48.3 Å². The summed E-state index contributed by atoms with van der Waals surface area (Å²) >= 11 is 0. The lowest BCUT2D eigenvalue weighted by molar-refractivity contribution is -0.142. The maximum atomic E-state index is 14.0. The molecule has 5 heterocycles. The van der Waals surface area contributed by atoms with Crippen LogP contribution in [0.15, 0.2) is 72.0 Å². The van der Waals surface area contributed by atoms with Gasteiger partial charge in [-0.25, -0.2) is 9.97 Å². The van der Waals surface area contributed by atoms with Gasteiger partial charge in [-0.05, 0) is 43.0 Å². The van der Waals surface area contributed by atoms with Gasteiger partial charge in [-0.15, -0.1) is 0 Å². The second kappa shape index (κ2) is 11.5. The van der Waals surface area contributed by atoms with Crippen LogP contribution in [0.5, 0.6) is 0 Å². The largest absolute Gasteiger partial charge is 0.388 e. The fourth-order valence-electron chi connectivity index (χ4n) is 6.42. The Bertz CT molecular complexity index is 1770. The smallest absolute Gasteiger partial charge is 0.262 e. The van der Waals surface area contributed by atoms with Gasteiger partial charge in [0.25, 0.3) is 11.5 Å². The van der Waals surface area contributed by atoms with Crippen LogP contribution < -0.4 is 5.56 Å². The Hall–Kier alpha value is -4.82. The summed E-state index contributed by atoms with van der Waals surface area (Å²) in [5.74, 6) is -0.695. The van der Waals surface area contributed by atoms with Crippen LogP contribution in [0.1, 0.15) is 46.8 Å². The van der Waals surface area contributed by atoms with E-state index >= 15 is 0 Å². The highest BCUT2D eigenvalue weighted by Crippen LogP contribution is 2.36. The zero-order valence-corrected chi connectivity index (χ0v) is 24.0. The van der Waals surface area contributed by atoms with Gasteiger partial charge in [-0.2, -0.15) is 5.26 Å². The number of nitrogens with zero attached hydrogens (tertiary/aromatic N) is 7. The SMILES string of the molecule is Cn1ccc2c(=O)n(CC3(O)CCN(C(=O)[C@@H]4CCN(C(=O)c5ccnc(C#N)c5)C[C@H]4c4ccccc4)CC3)cnc21. The number of benzene rings is 1. The third-order valence-electron chi connectivity index (χ3n) is 8.89. The van der Waals surface area contributed by atoms with Crippen molar-refractivity contribution >= 4 is 22.8 Å². The summed E-state index contributed by atoms with van der Waals surface area (Å²) in [6, 6.07) is 16.6. The van der Waals surface area contributed by atoms with E-state index in [1.165, 1.54) is 23.2 Å². The van der Waals surface area contributed by atoms with Crippen LogP contribution in [0.2, 0.25) is 0 Å². The molecular formula is C32H33N7O4. The number of aryl methyl sites for hydroxylation is 1. The molecular weight excluding hydrogens is 546 g/mol. The van der Waals surface area contributed by atoms with Gasteiger partial charge in [-0.1, -0.05) is 30.3 Å². The number of aromatic nitrogens is 4. The molecule has 2 fully saturated rings. The highest BCUT2D eigenvalue weighted by atomic mass is 16.3. The van der Waals surface area contributed by atoms with Crippen molar-refractivity contribution in [3.63, 3.8) is 0 Å². The summed E-state index contributed by atoms with van der Waals surface area (Å²) in [4.78, 5) is 52.3. The van der Waals surface area contributed by atoms with Crippen LogP contribution in [0.3, 0.4) is 0 Å². The standard InChI is InChI=1S/C32H33N7O4/c1-36-13-8-26-28(36)35-21-39(31(26)42)20-32(43)10-15-37(16-11-32)30(41)25-9-14-38(19-27(25)22-5-3-2-4-6-22)29(40)23-7-12-34-24(17-23)18-33/h2-8,12-13,17,21,25,27,43H,9-11,14-16,19-20H2,1H3/t25-,27+/m1/s1. The van der Waals surface area contributed by atoms with E-state index in [2.05, 4.69) is 9.97 Å². The molecule has 2 amide bonds. The zero-order chi connectivity index (χ0) is 30.1. The summed E-state index contributed by atoms with van der Waals surface area (Å²) in [5.41, 5.74) is 0.845. The lowest BCUT2D eigenvalue weighted by atomic mass is 9.79. The lowest BCUT2D eigenvalue weighted by Gasteiger charge is -2.43. The second-order valence-corrected chi connectivity index (χ2v) is 11.6. The molecule has 2 saturated heterocycles. The molecule has 2 atom stereocenters. The van der Waals surface area contributed by atoms with Gasteiger partial charge in [0.2, 0.25) is 5.91 Å². The number of carbonyl (C=O) groups is 2. The number of carbonyl (C=O) groups excluding carboxylic acids is 2. The second-order valence-electron chi connectivity index (χ2n) is 11.6. The molecule has 6 rings (SSSR count). The van der Waals surface area contributed by atoms with Crippen molar-refractivity contribution in [3.05, 3.63) is 94.4 Å². The topological polar surface area (TPSA) is 137 Å². The first-order valence-corrected chi connectivity index (χ1v) is 14.5. The van der Waals surface area contributed by atoms with Crippen LogP contribution in [0.4, 0.5) is 0 Å². The van der Waals surface area contributed by atoms with Crippen molar-refractivity contribution in [2.24, 2.45) is 13.0 Å². The average molecular weight is 580 g/mol. The van der Waals surface area contributed by atoms with E-state index < -0.39 is 5.60 Å². The average Bonchev–Trinajstić information content (AvgIpc) is 3.43. The Balaban J connectivity index is 1.16. The molecule has 2 aliphatic heterocycles. The fourth-order valence-corrected chi connectivity index (χ4v) is 6.42. The molecule has 4 aromatic rings. The number of hydrogen-bond donors (Lipinski definition) is 1. The Morgan fingerprint density at radius 3 is 2.58 bits per heavy atom. The molecule has 0 unspecified atom stereocenters. The van der Waals surface area contributed by atoms with Crippen molar-refractivity contribution in [2.45, 2.75) is 37.3 Å². The summed E-state index contributed by atoms with van der Waals surface area (Å²) in [7, 11) is 1.83. The van der Waals surface area contributed by atoms with Crippen LogP contribution in [0.25, 0.3) is 11.0 Å². The molecule has 0 aliphatic carbocycles. The Morgan fingerprint density at radius 1 is 1.07 bits per heavy atom. The van der Waals surface area contributed by atoms with E-state index in [1.54, 1.807) is 27.8 Å². The quantitative estimate of drug-likeness (QED) is 0.383. The molecule has 43 heavy (non-hydrogen) atoms. The summed E-state index contributed by atoms with van der Waals surface area (Å²) < 4.78 is 3.24. The van der Waals surface area contributed by atoms with Crippen LogP contribution in [0, 0.1) is 17.2 Å². The normalized spacial score (nSPS) is 20.1. The van der Waals surface area contributed by atoms with E-state index in [0.717, 1.165) is 5.56 Å². The number of fused-ring (bicyclic) bond motifs is 1. The van der Waals surface area contributed by atoms with Gasteiger partial charge in [0.15, 0.2) is 0 Å². The van der Waals surface area contributed by atoms with E-state index in [0.29, 0.717) is 62.0 Å². The number of amides is 2. The first-order chi connectivity index (χ1) is 20.8. The lowest BCUT2D eigenvalue weighted by Crippen LogP contribution is -2.53. The number of nitriles is 1. The monoisotopic (exact) mass is 579 g/mol. The molecule has 3 aromatic heterocycles. The van der Waals surface area contributed by atoms with Crippen molar-refractivity contribution < 1.29 is 14.7 Å². The number of likely N-dealkylation sites (tertiary alicyclic amines) is 2. The van der Waals surface area contributed by atoms with Gasteiger partial charge >= 0.3 is 0 Å². The third kappa shape index (κ3) is 5.53. The van der Waals surface area contributed by atoms with Crippen LogP contribution in [-0.2, 0) is 18.4 Å². The van der Waals surface area contributed by atoms with Gasteiger partial charge in [0.1, 0.15) is 23.7 Å². The van der Waals surface area contributed by atoms with Crippen molar-refractivity contribution in [1.82, 2.24) is 28.9 Å². The minimum absolute atomic E-state index is 0.0169. The van der Waals surface area contributed by atoms with Crippen molar-refractivity contribution in [1.29, 1.82) is 5.26 Å². The minimum atomic E-state index is -1.13. The van der Waals surface area contributed by atoms with Crippen LogP contribution in [-0.4, -0.2) is 77.6 Å². The Morgan fingerprint density at radius 2 is 1.84 bits per heavy atom. The summed E-state index contributed by atoms with van der Waals surface area (Å²) in [6.45, 7) is 1.65. The zero-order valence-electron chi connectivity index (χ0n) is 24.0. The molecule has 0 bridgehead atoms. The van der Waals surface area contributed by atoms with Crippen LogP contribution >= 0.6 is 0 Å². The first kappa shape index (κ1) is 28.3. The Labute approximate surface area is 248 Å². The highest BCUT2D eigenvalue weighted by Gasteiger charge is 2.41. The summed E-state index contributed by atoms with van der Waals surface area (Å²) in [6.07, 6.45) is 5.91. The van der Waals surface area contributed by atoms with E-state index in [9.17, 15) is 24.8 Å². The molecule has 1 N–H and O–H groups in total. The number of pyridine rings is 1. The molecule has 220 valence electrons. The van der Waals surface area contributed by atoms with Gasteiger partial charge in [0.05, 0.1) is 17.5 Å². The Kier molecular flexibility index (Phi) is 7.54. The van der Waals surface area contributed by atoms with Crippen molar-refractivity contribution in [3.8, 4) is 6.07 Å². The number of hydrogen-bond acceptors (Lipinski definition) is 7. The molecule has 1 aromatic carbocycles. The number of piperidine rings is 2. The molecule has 0 spiro atoms. The predicted octanol–water partition coefficient (Wildman–Crippen LogP) is 2.30. The minimum Gasteiger partial charge on any atom is -0.388 e. The molecule has 11 heteroatoms. The predicted molar refractivity (Wildman–Crippen MR) is 158 cm³/mol. The molecule has 11 nitrogen and oxygen atoms in total. The van der Waals surface area contributed by atoms with E-state index in [-0.39, 0.29) is 41.4 Å². The van der Waals surface area contributed by atoms with E-state index in [4.69, 9.17) is 0 Å². The van der Waals surface area contributed by atoms with Gasteiger partial charge in [0, 0.05) is 63.0 Å². The summed E-state index contributed by atoms with van der Waals surface area (Å²) in [5, 5.41) is 21.1. The van der Waals surface area contributed by atoms with Gasteiger partial charge in [-0.3, -0.25) is 19.0 Å². The van der Waals surface area contributed by atoms with Crippen molar-refractivity contribution in [2.75, 3.05) is 26.2 Å². The maximum Gasteiger partial charge on any atom is 0.262 e. The number of aliphatic hydroxyl groups is 1.